The summed E-state index contributed by atoms with van der Waals surface area (Å²) in [7, 11) is 1.59. The van der Waals surface area contributed by atoms with Gasteiger partial charge in [0.15, 0.2) is 0 Å². The Hall–Kier alpha value is -2.82. The van der Waals surface area contributed by atoms with Crippen LogP contribution >= 0.6 is 0 Å². The Balaban J connectivity index is 1.80. The molecule has 2 aromatic carbocycles. The van der Waals surface area contributed by atoms with Crippen molar-refractivity contribution < 1.29 is 13.9 Å². The number of hydrogen-bond donors (Lipinski definition) is 2. The van der Waals surface area contributed by atoms with E-state index in [4.69, 9.17) is 4.74 Å². The number of H-pyrrole nitrogens is 1. The van der Waals surface area contributed by atoms with Gasteiger partial charge in [0.25, 0.3) is 5.91 Å². The highest BCUT2D eigenvalue weighted by atomic mass is 19.1. The molecule has 0 spiro atoms. The molecule has 4 nitrogen and oxygen atoms in total. The molecule has 0 radical (unpaired) electrons. The molecule has 0 fully saturated rings. The van der Waals surface area contributed by atoms with E-state index in [-0.39, 0.29) is 11.7 Å². The van der Waals surface area contributed by atoms with Crippen LogP contribution < -0.4 is 10.1 Å². The normalized spacial score (nSPS) is 10.6. The van der Waals surface area contributed by atoms with Gasteiger partial charge in [0, 0.05) is 29.2 Å². The second kappa shape index (κ2) is 5.89. The third kappa shape index (κ3) is 2.65. The fourth-order valence-corrected chi connectivity index (χ4v) is 2.40. The average Bonchev–Trinajstić information content (AvgIpc) is 2.95. The standard InChI is InChI=1S/C17H15FN2O2/c1-22-16-5-3-2-4-11(16)9-20-17(21)14-10-19-15-7-6-12(18)8-13(14)15/h2-8,10,19H,9H2,1H3,(H,20,21). The number of benzene rings is 2. The van der Waals surface area contributed by atoms with Gasteiger partial charge in [-0.3, -0.25) is 4.79 Å². The zero-order chi connectivity index (χ0) is 15.5. The van der Waals surface area contributed by atoms with Gasteiger partial charge in [0.2, 0.25) is 0 Å². The number of rotatable bonds is 4. The van der Waals surface area contributed by atoms with Crippen molar-refractivity contribution >= 4 is 16.8 Å². The quantitative estimate of drug-likeness (QED) is 0.777. The number of aromatic nitrogens is 1. The van der Waals surface area contributed by atoms with E-state index in [1.807, 2.05) is 24.3 Å². The van der Waals surface area contributed by atoms with E-state index >= 15 is 0 Å². The Bertz CT molecular complexity index is 826. The van der Waals surface area contributed by atoms with Crippen LogP contribution in [0.4, 0.5) is 4.39 Å². The van der Waals surface area contributed by atoms with Crippen LogP contribution in [0.25, 0.3) is 10.9 Å². The molecule has 5 heteroatoms. The largest absolute Gasteiger partial charge is 0.496 e. The van der Waals surface area contributed by atoms with E-state index in [0.29, 0.717) is 23.2 Å². The molecule has 0 aliphatic heterocycles. The molecule has 0 aliphatic carbocycles. The Kier molecular flexibility index (Phi) is 3.78. The number of methoxy groups -OCH3 is 1. The van der Waals surface area contributed by atoms with Crippen molar-refractivity contribution in [3.8, 4) is 5.75 Å². The van der Waals surface area contributed by atoms with Gasteiger partial charge in [-0.1, -0.05) is 18.2 Å². The van der Waals surface area contributed by atoms with Crippen molar-refractivity contribution in [2.24, 2.45) is 0 Å². The molecular formula is C17H15FN2O2. The number of carbonyl (C=O) groups excluding carboxylic acids is 1. The summed E-state index contributed by atoms with van der Waals surface area (Å²) in [6.07, 6.45) is 1.58. The minimum atomic E-state index is -0.370. The minimum Gasteiger partial charge on any atom is -0.496 e. The molecule has 0 saturated heterocycles. The first-order valence-electron chi connectivity index (χ1n) is 6.86. The van der Waals surface area contributed by atoms with E-state index in [0.717, 1.165) is 11.1 Å². The lowest BCUT2D eigenvalue weighted by Gasteiger charge is -2.09. The molecule has 0 saturated carbocycles. The summed E-state index contributed by atoms with van der Waals surface area (Å²) in [5.74, 6) is 0.0846. The van der Waals surface area contributed by atoms with Crippen LogP contribution in [0.1, 0.15) is 15.9 Å². The molecule has 3 rings (SSSR count). The number of hydrogen-bond acceptors (Lipinski definition) is 2. The number of fused-ring (bicyclic) bond motifs is 1. The molecule has 0 unspecified atom stereocenters. The molecule has 112 valence electrons. The maximum absolute atomic E-state index is 13.3. The highest BCUT2D eigenvalue weighted by Crippen LogP contribution is 2.20. The molecule has 1 amide bonds. The summed E-state index contributed by atoms with van der Waals surface area (Å²) in [6, 6.07) is 11.8. The number of ether oxygens (including phenoxy) is 1. The highest BCUT2D eigenvalue weighted by Gasteiger charge is 2.13. The predicted molar refractivity (Wildman–Crippen MR) is 82.4 cm³/mol. The number of para-hydroxylation sites is 1. The predicted octanol–water partition coefficient (Wildman–Crippen LogP) is 3.25. The third-order valence-corrected chi connectivity index (χ3v) is 3.52. The number of carbonyl (C=O) groups is 1. The fourth-order valence-electron chi connectivity index (χ4n) is 2.40. The first-order chi connectivity index (χ1) is 10.7. The van der Waals surface area contributed by atoms with E-state index in [2.05, 4.69) is 10.3 Å². The molecule has 0 bridgehead atoms. The number of halogens is 1. The molecule has 0 atom stereocenters. The lowest BCUT2D eigenvalue weighted by atomic mass is 10.1. The zero-order valence-electron chi connectivity index (χ0n) is 12.0. The Labute approximate surface area is 126 Å². The molecular weight excluding hydrogens is 283 g/mol. The van der Waals surface area contributed by atoms with Crippen LogP contribution in [-0.2, 0) is 6.54 Å². The Morgan fingerprint density at radius 3 is 2.91 bits per heavy atom. The third-order valence-electron chi connectivity index (χ3n) is 3.52. The maximum Gasteiger partial charge on any atom is 0.253 e. The van der Waals surface area contributed by atoms with Crippen LogP contribution in [-0.4, -0.2) is 18.0 Å². The summed E-state index contributed by atoms with van der Waals surface area (Å²) in [6.45, 7) is 0.338. The molecule has 0 aliphatic rings. The lowest BCUT2D eigenvalue weighted by molar-refractivity contribution is 0.0952. The van der Waals surface area contributed by atoms with Gasteiger partial charge in [0.1, 0.15) is 11.6 Å². The van der Waals surface area contributed by atoms with Gasteiger partial charge >= 0.3 is 0 Å². The summed E-state index contributed by atoms with van der Waals surface area (Å²) >= 11 is 0. The molecule has 1 heterocycles. The molecule has 3 aromatic rings. The van der Waals surface area contributed by atoms with Crippen LogP contribution in [0.3, 0.4) is 0 Å². The maximum atomic E-state index is 13.3. The van der Waals surface area contributed by atoms with E-state index in [9.17, 15) is 9.18 Å². The minimum absolute atomic E-state index is 0.261. The zero-order valence-corrected chi connectivity index (χ0v) is 12.0. The van der Waals surface area contributed by atoms with Crippen molar-refractivity contribution in [1.29, 1.82) is 0 Å². The van der Waals surface area contributed by atoms with Crippen LogP contribution in [0.2, 0.25) is 0 Å². The van der Waals surface area contributed by atoms with E-state index in [1.165, 1.54) is 12.1 Å². The monoisotopic (exact) mass is 298 g/mol. The lowest BCUT2D eigenvalue weighted by Crippen LogP contribution is -2.22. The van der Waals surface area contributed by atoms with Gasteiger partial charge in [-0.2, -0.15) is 0 Å². The van der Waals surface area contributed by atoms with Crippen molar-refractivity contribution in [1.82, 2.24) is 10.3 Å². The first-order valence-corrected chi connectivity index (χ1v) is 6.86. The molecule has 1 aromatic heterocycles. The van der Waals surface area contributed by atoms with Gasteiger partial charge in [-0.25, -0.2) is 4.39 Å². The van der Waals surface area contributed by atoms with Gasteiger partial charge in [0.05, 0.1) is 12.7 Å². The summed E-state index contributed by atoms with van der Waals surface area (Å²) in [5, 5.41) is 3.39. The number of nitrogens with one attached hydrogen (secondary N) is 2. The summed E-state index contributed by atoms with van der Waals surface area (Å²) in [4.78, 5) is 15.3. The topological polar surface area (TPSA) is 54.1 Å². The average molecular weight is 298 g/mol. The molecule has 22 heavy (non-hydrogen) atoms. The van der Waals surface area contributed by atoms with Gasteiger partial charge in [-0.15, -0.1) is 0 Å². The highest BCUT2D eigenvalue weighted by molar-refractivity contribution is 6.06. The Morgan fingerprint density at radius 2 is 2.09 bits per heavy atom. The van der Waals surface area contributed by atoms with Gasteiger partial charge in [-0.05, 0) is 24.3 Å². The smallest absolute Gasteiger partial charge is 0.253 e. The van der Waals surface area contributed by atoms with E-state index < -0.39 is 0 Å². The second-order valence-corrected chi connectivity index (χ2v) is 4.89. The summed E-state index contributed by atoms with van der Waals surface area (Å²) < 4.78 is 18.6. The first kappa shape index (κ1) is 14.1. The van der Waals surface area contributed by atoms with Crippen molar-refractivity contribution in [3.05, 3.63) is 65.6 Å². The summed E-state index contributed by atoms with van der Waals surface area (Å²) in [5.41, 5.74) is 2.03. The van der Waals surface area contributed by atoms with Crippen molar-refractivity contribution in [3.63, 3.8) is 0 Å². The Morgan fingerprint density at radius 1 is 1.27 bits per heavy atom. The van der Waals surface area contributed by atoms with Crippen molar-refractivity contribution in [2.45, 2.75) is 6.54 Å². The van der Waals surface area contributed by atoms with Gasteiger partial charge < -0.3 is 15.0 Å². The SMILES string of the molecule is COc1ccccc1CNC(=O)c1c[nH]c2ccc(F)cc12. The number of aromatic amines is 1. The van der Waals surface area contributed by atoms with Crippen LogP contribution in [0, 0.1) is 5.82 Å². The van der Waals surface area contributed by atoms with Crippen LogP contribution in [0.15, 0.2) is 48.7 Å². The fraction of sp³-hybridized carbons (Fsp3) is 0.118. The van der Waals surface area contributed by atoms with E-state index in [1.54, 1.807) is 19.4 Å². The molecule has 2 N–H and O–H groups in total. The van der Waals surface area contributed by atoms with Crippen LogP contribution in [0.5, 0.6) is 5.75 Å². The number of amides is 1. The van der Waals surface area contributed by atoms with Crippen molar-refractivity contribution in [2.75, 3.05) is 7.11 Å². The second-order valence-electron chi connectivity index (χ2n) is 4.89.